The fourth-order valence-electron chi connectivity index (χ4n) is 2.13. The Hall–Kier alpha value is -1.55. The molecule has 1 rings (SSSR count). The van der Waals surface area contributed by atoms with Crippen molar-refractivity contribution in [2.45, 2.75) is 41.0 Å². The van der Waals surface area contributed by atoms with Crippen LogP contribution in [0.4, 0.5) is 0 Å². The van der Waals surface area contributed by atoms with Crippen LogP contribution in [0.1, 0.15) is 41.0 Å². The van der Waals surface area contributed by atoms with Gasteiger partial charge in [-0.15, -0.1) is 0 Å². The SMILES string of the molecule is CC(C)=C/C(C)=C(/NS(=O)(=O)C1=CCC=CC=C1)C(C)C. The Kier molecular flexibility index (Phi) is 6.21. The quantitative estimate of drug-likeness (QED) is 0.774. The lowest BCUT2D eigenvalue weighted by molar-refractivity contribution is 0.587. The first kappa shape index (κ1) is 17.5. The number of hydrogen-bond acceptors (Lipinski definition) is 2. The number of nitrogens with one attached hydrogen (secondary N) is 1. The van der Waals surface area contributed by atoms with E-state index in [2.05, 4.69) is 4.72 Å². The second-order valence-electron chi connectivity index (χ2n) is 5.71. The van der Waals surface area contributed by atoms with Gasteiger partial charge < -0.3 is 0 Å². The Balaban J connectivity index is 3.15. The highest BCUT2D eigenvalue weighted by Gasteiger charge is 2.19. The molecule has 0 amide bonds. The average Bonchev–Trinajstić information content (AvgIpc) is 2.64. The molecule has 0 fully saturated rings. The first-order valence-electron chi connectivity index (χ1n) is 7.16. The van der Waals surface area contributed by atoms with E-state index in [0.717, 1.165) is 16.8 Å². The summed E-state index contributed by atoms with van der Waals surface area (Å²) in [5.74, 6) is 0.101. The summed E-state index contributed by atoms with van der Waals surface area (Å²) in [6.45, 7) is 9.90. The molecule has 0 saturated carbocycles. The average molecular weight is 307 g/mol. The van der Waals surface area contributed by atoms with Gasteiger partial charge in [0.15, 0.2) is 0 Å². The molecule has 1 aliphatic carbocycles. The minimum atomic E-state index is -3.53. The maximum atomic E-state index is 12.5. The molecule has 0 aromatic carbocycles. The Morgan fingerprint density at radius 1 is 1.24 bits per heavy atom. The predicted molar refractivity (Wildman–Crippen MR) is 90.0 cm³/mol. The highest BCUT2D eigenvalue weighted by atomic mass is 32.2. The van der Waals surface area contributed by atoms with E-state index in [0.29, 0.717) is 11.3 Å². The minimum absolute atomic E-state index is 0.101. The number of allylic oxidation sites excluding steroid dienone is 9. The molecule has 0 aromatic rings. The monoisotopic (exact) mass is 307 g/mol. The zero-order valence-corrected chi connectivity index (χ0v) is 14.3. The van der Waals surface area contributed by atoms with Crippen molar-refractivity contribution in [3.63, 3.8) is 0 Å². The van der Waals surface area contributed by atoms with Crippen molar-refractivity contribution in [2.75, 3.05) is 0 Å². The Labute approximate surface area is 128 Å². The van der Waals surface area contributed by atoms with Crippen molar-refractivity contribution >= 4 is 10.0 Å². The summed E-state index contributed by atoms with van der Waals surface area (Å²) in [5, 5.41) is 0. The lowest BCUT2D eigenvalue weighted by Gasteiger charge is -2.18. The summed E-state index contributed by atoms with van der Waals surface area (Å²) in [4.78, 5) is 0.315. The first-order chi connectivity index (χ1) is 9.74. The summed E-state index contributed by atoms with van der Waals surface area (Å²) in [6.07, 6.45) is 11.5. The highest BCUT2D eigenvalue weighted by molar-refractivity contribution is 7.93. The maximum Gasteiger partial charge on any atom is 0.261 e. The number of hydrogen-bond donors (Lipinski definition) is 1. The van der Waals surface area contributed by atoms with E-state index in [1.54, 1.807) is 18.2 Å². The molecule has 1 aliphatic rings. The lowest BCUT2D eigenvalue weighted by atomic mass is 10.0. The summed E-state index contributed by atoms with van der Waals surface area (Å²) < 4.78 is 27.8. The van der Waals surface area contributed by atoms with Gasteiger partial charge in [-0.05, 0) is 44.8 Å². The summed E-state index contributed by atoms with van der Waals surface area (Å²) in [5.41, 5.74) is 2.83. The molecule has 4 heteroatoms. The molecule has 0 aromatic heterocycles. The first-order valence-corrected chi connectivity index (χ1v) is 8.64. The molecule has 0 atom stereocenters. The van der Waals surface area contributed by atoms with Crippen LogP contribution in [-0.4, -0.2) is 8.42 Å². The van der Waals surface area contributed by atoms with Crippen molar-refractivity contribution in [3.8, 4) is 0 Å². The van der Waals surface area contributed by atoms with Crippen molar-refractivity contribution in [3.05, 3.63) is 58.2 Å². The van der Waals surface area contributed by atoms with Crippen LogP contribution in [0.5, 0.6) is 0 Å². The van der Waals surface area contributed by atoms with Crippen LogP contribution in [-0.2, 0) is 10.0 Å². The van der Waals surface area contributed by atoms with Crippen molar-refractivity contribution < 1.29 is 8.42 Å². The summed E-state index contributed by atoms with van der Waals surface area (Å²) in [7, 11) is -3.53. The van der Waals surface area contributed by atoms with Crippen molar-refractivity contribution in [2.24, 2.45) is 5.92 Å². The van der Waals surface area contributed by atoms with Crippen LogP contribution in [0.25, 0.3) is 0 Å². The van der Waals surface area contributed by atoms with Crippen LogP contribution in [0.3, 0.4) is 0 Å². The molecule has 3 nitrogen and oxygen atoms in total. The van der Waals surface area contributed by atoms with Crippen LogP contribution in [0, 0.1) is 5.92 Å². The number of sulfonamides is 1. The summed E-state index contributed by atoms with van der Waals surface area (Å²) >= 11 is 0. The van der Waals surface area contributed by atoms with Crippen molar-refractivity contribution in [1.82, 2.24) is 4.72 Å². The summed E-state index contributed by atoms with van der Waals surface area (Å²) in [6, 6.07) is 0. The molecule has 0 aliphatic heterocycles. The normalized spacial score (nSPS) is 16.2. The molecule has 0 bridgehead atoms. The van der Waals surface area contributed by atoms with E-state index >= 15 is 0 Å². The van der Waals surface area contributed by atoms with E-state index in [-0.39, 0.29) is 5.92 Å². The van der Waals surface area contributed by atoms with Gasteiger partial charge in [0, 0.05) is 5.70 Å². The topological polar surface area (TPSA) is 46.2 Å². The van der Waals surface area contributed by atoms with E-state index in [1.165, 1.54) is 0 Å². The van der Waals surface area contributed by atoms with Crippen LogP contribution in [0.15, 0.2) is 58.2 Å². The Morgan fingerprint density at radius 3 is 2.48 bits per heavy atom. The Bertz CT molecular complexity index is 626. The third-order valence-electron chi connectivity index (χ3n) is 3.02. The molecular formula is C17H25NO2S. The van der Waals surface area contributed by atoms with Gasteiger partial charge in [-0.2, -0.15) is 0 Å². The molecule has 0 saturated heterocycles. The van der Waals surface area contributed by atoms with Crippen LogP contribution in [0.2, 0.25) is 0 Å². The molecule has 0 radical (unpaired) electrons. The zero-order valence-electron chi connectivity index (χ0n) is 13.5. The lowest BCUT2D eigenvalue weighted by Crippen LogP contribution is -2.27. The standard InChI is InChI=1S/C17H25NO2S/c1-13(2)12-15(5)17(14(3)4)18-21(19,20)16-10-8-6-7-9-11-16/h6-8,10-12,14,18H,9H2,1-5H3/b17-15+. The minimum Gasteiger partial charge on any atom is -0.283 e. The molecule has 21 heavy (non-hydrogen) atoms. The van der Waals surface area contributed by atoms with Gasteiger partial charge in [-0.1, -0.05) is 49.8 Å². The molecular weight excluding hydrogens is 282 g/mol. The molecule has 0 spiro atoms. The maximum absolute atomic E-state index is 12.5. The molecule has 0 unspecified atom stereocenters. The van der Waals surface area contributed by atoms with Crippen LogP contribution < -0.4 is 4.72 Å². The fraction of sp³-hybridized carbons (Fsp3) is 0.412. The predicted octanol–water partition coefficient (Wildman–Crippen LogP) is 4.20. The van der Waals surface area contributed by atoms with Gasteiger partial charge in [0.25, 0.3) is 10.0 Å². The Morgan fingerprint density at radius 2 is 1.90 bits per heavy atom. The molecule has 116 valence electrons. The largest absolute Gasteiger partial charge is 0.283 e. The highest BCUT2D eigenvalue weighted by Crippen LogP contribution is 2.19. The smallest absolute Gasteiger partial charge is 0.261 e. The van der Waals surface area contributed by atoms with E-state index < -0.39 is 10.0 Å². The second-order valence-corrected chi connectivity index (χ2v) is 7.39. The van der Waals surface area contributed by atoms with Gasteiger partial charge >= 0.3 is 0 Å². The second kappa shape index (κ2) is 7.46. The third kappa shape index (κ3) is 5.38. The van der Waals surface area contributed by atoms with Crippen molar-refractivity contribution in [1.29, 1.82) is 0 Å². The molecule has 0 heterocycles. The number of rotatable bonds is 5. The van der Waals surface area contributed by atoms with Gasteiger partial charge in [-0.25, -0.2) is 8.42 Å². The van der Waals surface area contributed by atoms with Gasteiger partial charge in [0.2, 0.25) is 0 Å². The van der Waals surface area contributed by atoms with Gasteiger partial charge in [-0.3, -0.25) is 4.72 Å². The fourth-order valence-corrected chi connectivity index (χ4v) is 3.50. The van der Waals surface area contributed by atoms with E-state index in [4.69, 9.17) is 0 Å². The molecule has 1 N–H and O–H groups in total. The van der Waals surface area contributed by atoms with Crippen LogP contribution >= 0.6 is 0 Å². The zero-order chi connectivity index (χ0) is 16.0. The third-order valence-corrected chi connectivity index (χ3v) is 4.44. The van der Waals surface area contributed by atoms with Gasteiger partial charge in [0.05, 0.1) is 4.91 Å². The van der Waals surface area contributed by atoms with Gasteiger partial charge in [0.1, 0.15) is 0 Å². The van der Waals surface area contributed by atoms with E-state index in [1.807, 2.05) is 52.8 Å². The van der Waals surface area contributed by atoms with E-state index in [9.17, 15) is 8.42 Å².